The summed E-state index contributed by atoms with van der Waals surface area (Å²) in [7, 11) is 0. The van der Waals surface area contributed by atoms with Gasteiger partial charge in [-0.25, -0.2) is 0 Å². The Morgan fingerprint density at radius 1 is 1.47 bits per heavy atom. The van der Waals surface area contributed by atoms with Gasteiger partial charge in [-0.05, 0) is 45.4 Å². The molecule has 0 amide bonds. The number of β-amino-alcohol motifs (C(OH)–C–C–N with tert-alkyl or cyclic N) is 1. The number of hydrogen-bond donors (Lipinski definition) is 2. The van der Waals surface area contributed by atoms with Crippen LogP contribution in [0.25, 0.3) is 0 Å². The summed E-state index contributed by atoms with van der Waals surface area (Å²) in [5.74, 6) is 0. The van der Waals surface area contributed by atoms with Crippen LogP contribution in [0.3, 0.4) is 0 Å². The number of aryl methyl sites for hydroxylation is 1. The van der Waals surface area contributed by atoms with E-state index in [1.165, 1.54) is 0 Å². The van der Waals surface area contributed by atoms with Gasteiger partial charge in [0, 0.05) is 18.3 Å². The molecule has 15 heavy (non-hydrogen) atoms. The van der Waals surface area contributed by atoms with Gasteiger partial charge in [-0.3, -0.25) is 4.98 Å². The summed E-state index contributed by atoms with van der Waals surface area (Å²) < 4.78 is 0. The monoisotopic (exact) mass is 208 g/mol. The van der Waals surface area contributed by atoms with Crippen molar-refractivity contribution < 1.29 is 5.11 Å². The zero-order valence-electron chi connectivity index (χ0n) is 9.91. The van der Waals surface area contributed by atoms with E-state index in [9.17, 15) is 5.11 Å². The summed E-state index contributed by atoms with van der Waals surface area (Å²) >= 11 is 0. The largest absolute Gasteiger partial charge is 0.385 e. The Balaban J connectivity index is 2.58. The number of aliphatic hydroxyl groups excluding tert-OH is 1. The highest BCUT2D eigenvalue weighted by atomic mass is 16.3. The number of nitrogens with one attached hydrogen (secondary N) is 1. The normalized spacial score (nSPS) is 13.9. The van der Waals surface area contributed by atoms with Crippen LogP contribution < -0.4 is 5.32 Å². The number of aromatic nitrogens is 1. The van der Waals surface area contributed by atoms with Crippen molar-refractivity contribution in [2.75, 3.05) is 6.54 Å². The Labute approximate surface area is 91.5 Å². The molecule has 0 aliphatic carbocycles. The average Bonchev–Trinajstić information content (AvgIpc) is 2.13. The zero-order chi connectivity index (χ0) is 11.5. The van der Waals surface area contributed by atoms with Crippen molar-refractivity contribution in [2.24, 2.45) is 0 Å². The fourth-order valence-electron chi connectivity index (χ4n) is 1.25. The van der Waals surface area contributed by atoms with Gasteiger partial charge in [0.05, 0.1) is 5.69 Å². The Bertz CT molecular complexity index is 318. The first-order chi connectivity index (χ1) is 6.88. The van der Waals surface area contributed by atoms with Crippen LogP contribution in [0.4, 0.5) is 0 Å². The third-order valence-electron chi connectivity index (χ3n) is 2.10. The Morgan fingerprint density at radius 2 is 2.13 bits per heavy atom. The Morgan fingerprint density at radius 3 is 2.67 bits per heavy atom. The van der Waals surface area contributed by atoms with Gasteiger partial charge in [0.25, 0.3) is 0 Å². The van der Waals surface area contributed by atoms with Gasteiger partial charge >= 0.3 is 0 Å². The molecule has 1 aromatic heterocycles. The van der Waals surface area contributed by atoms with Crippen LogP contribution in [-0.2, 0) is 0 Å². The van der Waals surface area contributed by atoms with Gasteiger partial charge in [-0.15, -0.1) is 0 Å². The minimum Gasteiger partial charge on any atom is -0.385 e. The van der Waals surface area contributed by atoms with E-state index >= 15 is 0 Å². The molecule has 1 atom stereocenters. The number of nitrogens with zero attached hydrogens (tertiary/aromatic N) is 1. The second kappa shape index (κ2) is 4.73. The minimum absolute atomic E-state index is 0.0187. The summed E-state index contributed by atoms with van der Waals surface area (Å²) in [6.45, 7) is 8.74. The molecule has 0 unspecified atom stereocenters. The molecule has 0 bridgehead atoms. The van der Waals surface area contributed by atoms with Gasteiger partial charge in [0.2, 0.25) is 0 Å². The first-order valence-corrected chi connectivity index (χ1v) is 5.24. The van der Waals surface area contributed by atoms with Gasteiger partial charge in [0.1, 0.15) is 6.10 Å². The summed E-state index contributed by atoms with van der Waals surface area (Å²) in [4.78, 5) is 4.15. The van der Waals surface area contributed by atoms with Crippen LogP contribution in [0.1, 0.15) is 38.1 Å². The Hall–Kier alpha value is -0.930. The molecule has 1 aromatic rings. The van der Waals surface area contributed by atoms with Crippen molar-refractivity contribution in [3.8, 4) is 0 Å². The molecule has 3 nitrogen and oxygen atoms in total. The van der Waals surface area contributed by atoms with Gasteiger partial charge in [0.15, 0.2) is 0 Å². The molecule has 0 fully saturated rings. The molecule has 0 saturated heterocycles. The van der Waals surface area contributed by atoms with E-state index in [0.717, 1.165) is 11.3 Å². The SMILES string of the molecule is Cc1ccnc([C@@H](O)CNC(C)(C)C)c1. The first-order valence-electron chi connectivity index (χ1n) is 5.24. The lowest BCUT2D eigenvalue weighted by molar-refractivity contribution is 0.159. The maximum atomic E-state index is 9.88. The van der Waals surface area contributed by atoms with Crippen LogP contribution in [0.2, 0.25) is 0 Å². The van der Waals surface area contributed by atoms with Crippen LogP contribution in [0, 0.1) is 6.92 Å². The average molecular weight is 208 g/mol. The number of hydrogen-bond acceptors (Lipinski definition) is 3. The fourth-order valence-corrected chi connectivity index (χ4v) is 1.25. The first kappa shape index (κ1) is 12.1. The van der Waals surface area contributed by atoms with E-state index in [1.807, 2.05) is 19.1 Å². The smallest absolute Gasteiger partial charge is 0.108 e. The lowest BCUT2D eigenvalue weighted by Crippen LogP contribution is -2.38. The third-order valence-corrected chi connectivity index (χ3v) is 2.10. The molecule has 0 spiro atoms. The van der Waals surface area contributed by atoms with Gasteiger partial charge in [-0.1, -0.05) is 0 Å². The maximum Gasteiger partial charge on any atom is 0.108 e. The number of pyridine rings is 1. The van der Waals surface area contributed by atoms with Crippen LogP contribution in [0.15, 0.2) is 18.3 Å². The molecule has 84 valence electrons. The van der Waals surface area contributed by atoms with Crippen LogP contribution in [-0.4, -0.2) is 22.2 Å². The van der Waals surface area contributed by atoms with Crippen molar-refractivity contribution in [2.45, 2.75) is 39.3 Å². The van der Waals surface area contributed by atoms with E-state index < -0.39 is 6.10 Å². The van der Waals surface area contributed by atoms with Crippen LogP contribution in [0.5, 0.6) is 0 Å². The molecule has 0 aliphatic heterocycles. The molecular formula is C12H20N2O. The predicted molar refractivity (Wildman–Crippen MR) is 61.7 cm³/mol. The Kier molecular flexibility index (Phi) is 3.83. The second-order valence-electron chi connectivity index (χ2n) is 4.90. The van der Waals surface area contributed by atoms with Gasteiger partial charge < -0.3 is 10.4 Å². The highest BCUT2D eigenvalue weighted by molar-refractivity contribution is 5.16. The van der Waals surface area contributed by atoms with E-state index in [0.29, 0.717) is 6.54 Å². The van der Waals surface area contributed by atoms with Crippen molar-refractivity contribution in [1.29, 1.82) is 0 Å². The molecule has 3 heteroatoms. The molecule has 0 aliphatic rings. The summed E-state index contributed by atoms with van der Waals surface area (Å²) in [6.07, 6.45) is 1.19. The molecule has 1 rings (SSSR count). The summed E-state index contributed by atoms with van der Waals surface area (Å²) in [5.41, 5.74) is 1.87. The van der Waals surface area contributed by atoms with E-state index in [4.69, 9.17) is 0 Å². The minimum atomic E-state index is -0.538. The summed E-state index contributed by atoms with van der Waals surface area (Å²) in [6, 6.07) is 3.84. The van der Waals surface area contributed by atoms with E-state index in [2.05, 4.69) is 31.1 Å². The molecule has 0 aromatic carbocycles. The molecular weight excluding hydrogens is 188 g/mol. The quantitative estimate of drug-likeness (QED) is 0.796. The van der Waals surface area contributed by atoms with Gasteiger partial charge in [-0.2, -0.15) is 0 Å². The molecule has 0 radical (unpaired) electrons. The van der Waals surface area contributed by atoms with E-state index in [1.54, 1.807) is 6.20 Å². The number of aliphatic hydroxyl groups is 1. The highest BCUT2D eigenvalue weighted by Crippen LogP contribution is 2.11. The van der Waals surface area contributed by atoms with Crippen molar-refractivity contribution in [3.63, 3.8) is 0 Å². The predicted octanol–water partition coefficient (Wildman–Crippen LogP) is 1.81. The lowest BCUT2D eigenvalue weighted by Gasteiger charge is -2.22. The van der Waals surface area contributed by atoms with Crippen LogP contribution >= 0.6 is 0 Å². The second-order valence-corrected chi connectivity index (χ2v) is 4.90. The summed E-state index contributed by atoms with van der Waals surface area (Å²) in [5, 5.41) is 13.1. The van der Waals surface area contributed by atoms with Crippen molar-refractivity contribution in [1.82, 2.24) is 10.3 Å². The fraction of sp³-hybridized carbons (Fsp3) is 0.583. The number of rotatable bonds is 3. The lowest BCUT2D eigenvalue weighted by atomic mass is 10.1. The van der Waals surface area contributed by atoms with Crippen molar-refractivity contribution >= 4 is 0 Å². The van der Waals surface area contributed by atoms with Crippen molar-refractivity contribution in [3.05, 3.63) is 29.6 Å². The van der Waals surface area contributed by atoms with E-state index in [-0.39, 0.29) is 5.54 Å². The third kappa shape index (κ3) is 4.40. The molecule has 0 saturated carbocycles. The zero-order valence-corrected chi connectivity index (χ0v) is 9.91. The maximum absolute atomic E-state index is 9.88. The standard InChI is InChI=1S/C12H20N2O/c1-9-5-6-13-10(7-9)11(15)8-14-12(2,3)4/h5-7,11,14-15H,8H2,1-4H3/t11-/m0/s1. The molecule has 1 heterocycles. The molecule has 2 N–H and O–H groups in total. The highest BCUT2D eigenvalue weighted by Gasteiger charge is 2.14. The topological polar surface area (TPSA) is 45.2 Å².